The summed E-state index contributed by atoms with van der Waals surface area (Å²) in [5.74, 6) is -2.23. The van der Waals surface area contributed by atoms with Crippen LogP contribution in [0.2, 0.25) is 0 Å². The Morgan fingerprint density at radius 2 is 1.30 bits per heavy atom. The Hall–Kier alpha value is -1.14. The minimum atomic E-state index is -1.12. The van der Waals surface area contributed by atoms with Gasteiger partial charge in [-0.1, -0.05) is 13.8 Å². The van der Waals surface area contributed by atoms with E-state index in [9.17, 15) is 8.78 Å². The number of phenolic OH excluding ortho intramolecular Hbond substituents is 1. The fourth-order valence-electron chi connectivity index (χ4n) is 1.76. The zero-order valence-corrected chi connectivity index (χ0v) is 12.8. The topological polar surface area (TPSA) is 38.7 Å². The molecule has 6 heteroatoms. The van der Waals surface area contributed by atoms with E-state index in [4.69, 9.17) is 14.4 Å². The first kappa shape index (κ1) is 16.9. The molecule has 3 nitrogen and oxygen atoms in total. The smallest absolute Gasteiger partial charge is 0.500 e. The number of hydrogen-bond donors (Lipinski definition) is 1. The Morgan fingerprint density at radius 3 is 1.65 bits per heavy atom. The summed E-state index contributed by atoms with van der Waals surface area (Å²) in [6.07, 6.45) is 0. The monoisotopic (exact) mass is 286 g/mol. The van der Waals surface area contributed by atoms with Gasteiger partial charge in [0, 0.05) is 12.1 Å². The third kappa shape index (κ3) is 2.96. The first-order valence-corrected chi connectivity index (χ1v) is 6.67. The average Bonchev–Trinajstić information content (AvgIpc) is 2.48. The summed E-state index contributed by atoms with van der Waals surface area (Å²) >= 11 is 0. The van der Waals surface area contributed by atoms with Gasteiger partial charge in [0.25, 0.3) is 0 Å². The minimum Gasteiger partial charge on any atom is -0.508 e. The molecule has 0 atom stereocenters. The van der Waals surface area contributed by atoms with Crippen molar-refractivity contribution in [1.29, 1.82) is 0 Å². The van der Waals surface area contributed by atoms with Crippen molar-refractivity contribution in [2.45, 2.75) is 52.7 Å². The van der Waals surface area contributed by atoms with Crippen LogP contribution in [0.4, 0.5) is 8.78 Å². The van der Waals surface area contributed by atoms with Crippen molar-refractivity contribution in [2.24, 2.45) is 0 Å². The lowest BCUT2D eigenvalue weighted by Crippen LogP contribution is -2.41. The highest BCUT2D eigenvalue weighted by Gasteiger charge is 2.53. The second kappa shape index (κ2) is 5.70. The van der Waals surface area contributed by atoms with Crippen LogP contribution >= 0.6 is 0 Å². The summed E-state index contributed by atoms with van der Waals surface area (Å²) < 4.78 is 38.5. The molecule has 0 aliphatic carbocycles. The molecule has 1 aromatic rings. The van der Waals surface area contributed by atoms with E-state index in [2.05, 4.69) is 0 Å². The van der Waals surface area contributed by atoms with E-state index in [0.29, 0.717) is 0 Å². The summed E-state index contributed by atoms with van der Waals surface area (Å²) in [6, 6.07) is 1.67. The zero-order chi connectivity index (χ0) is 15.7. The number of benzene rings is 1. The SMILES string of the molecule is CC.CC1(C)OB(c2c(F)cc(O)cc2F)OC1(C)C. The third-order valence-corrected chi connectivity index (χ3v) is 3.55. The van der Waals surface area contributed by atoms with E-state index in [1.165, 1.54) is 0 Å². The van der Waals surface area contributed by atoms with Crippen molar-refractivity contribution in [3.8, 4) is 5.75 Å². The van der Waals surface area contributed by atoms with Crippen LogP contribution in [0, 0.1) is 11.6 Å². The summed E-state index contributed by atoms with van der Waals surface area (Å²) in [4.78, 5) is 0. The Kier molecular flexibility index (Phi) is 4.82. The van der Waals surface area contributed by atoms with E-state index in [1.807, 2.05) is 13.8 Å². The van der Waals surface area contributed by atoms with Crippen molar-refractivity contribution in [3.63, 3.8) is 0 Å². The molecule has 1 saturated heterocycles. The molecule has 1 fully saturated rings. The first-order valence-electron chi connectivity index (χ1n) is 6.67. The number of aromatic hydroxyl groups is 1. The van der Waals surface area contributed by atoms with Gasteiger partial charge in [-0.15, -0.1) is 0 Å². The van der Waals surface area contributed by atoms with Gasteiger partial charge in [0.15, 0.2) is 0 Å². The summed E-state index contributed by atoms with van der Waals surface area (Å²) in [5, 5.41) is 9.10. The van der Waals surface area contributed by atoms with E-state index >= 15 is 0 Å². The highest BCUT2D eigenvalue weighted by Crippen LogP contribution is 2.37. The van der Waals surface area contributed by atoms with Gasteiger partial charge in [-0.05, 0) is 27.7 Å². The van der Waals surface area contributed by atoms with Crippen LogP contribution in [0.5, 0.6) is 5.75 Å². The molecule has 1 N–H and O–H groups in total. The molecule has 2 rings (SSSR count). The van der Waals surface area contributed by atoms with Gasteiger partial charge >= 0.3 is 7.12 Å². The van der Waals surface area contributed by atoms with E-state index in [0.717, 1.165) is 12.1 Å². The standard InChI is InChI=1S/C12H15BF2O3.C2H6/c1-11(2)12(3,4)18-13(17-11)10-8(14)5-7(16)6-9(10)15;1-2/h5-6,16H,1-4H3;1-2H3. The van der Waals surface area contributed by atoms with Gasteiger partial charge < -0.3 is 14.4 Å². The van der Waals surface area contributed by atoms with Gasteiger partial charge in [0.1, 0.15) is 17.4 Å². The molecule has 0 unspecified atom stereocenters. The van der Waals surface area contributed by atoms with Crippen molar-refractivity contribution in [1.82, 2.24) is 0 Å². The van der Waals surface area contributed by atoms with E-state index in [1.54, 1.807) is 27.7 Å². The Morgan fingerprint density at radius 1 is 0.950 bits per heavy atom. The fraction of sp³-hybridized carbons (Fsp3) is 0.571. The second-order valence-electron chi connectivity index (χ2n) is 5.41. The fourth-order valence-corrected chi connectivity index (χ4v) is 1.76. The van der Waals surface area contributed by atoms with Crippen molar-refractivity contribution in [2.75, 3.05) is 0 Å². The summed E-state index contributed by atoms with van der Waals surface area (Å²) in [5.41, 5.74) is -1.66. The van der Waals surface area contributed by atoms with Crippen molar-refractivity contribution >= 4 is 12.6 Å². The lowest BCUT2D eigenvalue weighted by atomic mass is 9.78. The van der Waals surface area contributed by atoms with Gasteiger partial charge in [-0.25, -0.2) is 8.78 Å². The van der Waals surface area contributed by atoms with Crippen LogP contribution < -0.4 is 5.46 Å². The molecular weight excluding hydrogens is 265 g/mol. The van der Waals surface area contributed by atoms with E-state index < -0.39 is 35.7 Å². The molecule has 112 valence electrons. The van der Waals surface area contributed by atoms with Gasteiger partial charge in [-0.2, -0.15) is 0 Å². The zero-order valence-electron chi connectivity index (χ0n) is 12.8. The van der Waals surface area contributed by atoms with Crippen molar-refractivity contribution in [3.05, 3.63) is 23.8 Å². The lowest BCUT2D eigenvalue weighted by molar-refractivity contribution is 0.00578. The normalized spacial score (nSPS) is 19.5. The largest absolute Gasteiger partial charge is 0.508 e. The average molecular weight is 286 g/mol. The molecule has 0 aromatic heterocycles. The van der Waals surface area contributed by atoms with Crippen LogP contribution in [0.3, 0.4) is 0 Å². The molecule has 0 bridgehead atoms. The molecule has 20 heavy (non-hydrogen) atoms. The quantitative estimate of drug-likeness (QED) is 0.807. The number of hydrogen-bond acceptors (Lipinski definition) is 3. The highest BCUT2D eigenvalue weighted by atomic mass is 19.1. The summed E-state index contributed by atoms with van der Waals surface area (Å²) in [7, 11) is -1.12. The van der Waals surface area contributed by atoms with Crippen LogP contribution in [-0.2, 0) is 9.31 Å². The maximum Gasteiger partial charge on any atom is 0.500 e. The molecule has 0 amide bonds. The Bertz CT molecular complexity index is 450. The number of phenols is 1. The van der Waals surface area contributed by atoms with Gasteiger partial charge in [0.2, 0.25) is 0 Å². The first-order chi connectivity index (χ1) is 9.14. The van der Waals surface area contributed by atoms with Crippen molar-refractivity contribution < 1.29 is 23.2 Å². The summed E-state index contributed by atoms with van der Waals surface area (Å²) in [6.45, 7) is 11.2. The third-order valence-electron chi connectivity index (χ3n) is 3.55. The van der Waals surface area contributed by atoms with Crippen LogP contribution in [-0.4, -0.2) is 23.4 Å². The molecule has 0 radical (unpaired) electrons. The maximum absolute atomic E-state index is 13.7. The van der Waals surface area contributed by atoms with E-state index in [-0.39, 0.29) is 5.46 Å². The number of halogens is 2. The van der Waals surface area contributed by atoms with Crippen LogP contribution in [0.25, 0.3) is 0 Å². The van der Waals surface area contributed by atoms with Gasteiger partial charge in [0.05, 0.1) is 16.7 Å². The highest BCUT2D eigenvalue weighted by molar-refractivity contribution is 6.62. The molecule has 1 aliphatic heterocycles. The second-order valence-corrected chi connectivity index (χ2v) is 5.41. The molecule has 1 aromatic carbocycles. The predicted octanol–water partition coefficient (Wildman–Crippen LogP) is 3.00. The Balaban J connectivity index is 0.000000956. The Labute approximate surface area is 119 Å². The molecular formula is C14H21BF2O3. The maximum atomic E-state index is 13.7. The minimum absolute atomic E-state index is 0.313. The molecule has 0 spiro atoms. The lowest BCUT2D eigenvalue weighted by Gasteiger charge is -2.32. The molecule has 0 saturated carbocycles. The molecule has 1 aliphatic rings. The number of rotatable bonds is 1. The predicted molar refractivity (Wildman–Crippen MR) is 75.1 cm³/mol. The molecule has 1 heterocycles. The van der Waals surface area contributed by atoms with Gasteiger partial charge in [-0.3, -0.25) is 0 Å². The van der Waals surface area contributed by atoms with Crippen LogP contribution in [0.1, 0.15) is 41.5 Å². The van der Waals surface area contributed by atoms with Crippen LogP contribution in [0.15, 0.2) is 12.1 Å².